The van der Waals surface area contributed by atoms with E-state index in [2.05, 4.69) is 10.2 Å². The predicted molar refractivity (Wildman–Crippen MR) is 60.4 cm³/mol. The zero-order valence-electron chi connectivity index (χ0n) is 8.98. The highest BCUT2D eigenvalue weighted by molar-refractivity contribution is 5.57. The second kappa shape index (κ2) is 3.65. The number of aromatic nitrogens is 3. The summed E-state index contributed by atoms with van der Waals surface area (Å²) >= 11 is 0. The molecule has 1 aliphatic rings. The first kappa shape index (κ1) is 9.95. The van der Waals surface area contributed by atoms with Crippen LogP contribution in [0.1, 0.15) is 18.9 Å². The Morgan fingerprint density at radius 2 is 2.00 bits per heavy atom. The maximum Gasteiger partial charge on any atom is 0.269 e. The van der Waals surface area contributed by atoms with E-state index in [1.54, 1.807) is 18.5 Å². The summed E-state index contributed by atoms with van der Waals surface area (Å²) in [5.41, 5.74) is 0.950. The van der Waals surface area contributed by atoms with Gasteiger partial charge < -0.3 is 4.57 Å². The lowest BCUT2D eigenvalue weighted by molar-refractivity contribution is -0.384. The van der Waals surface area contributed by atoms with Gasteiger partial charge in [-0.05, 0) is 25.0 Å². The molecule has 1 aromatic carbocycles. The normalized spacial score (nSPS) is 14.8. The highest BCUT2D eigenvalue weighted by Gasteiger charge is 2.26. The van der Waals surface area contributed by atoms with Gasteiger partial charge in [0.15, 0.2) is 5.82 Å². The van der Waals surface area contributed by atoms with E-state index >= 15 is 0 Å². The number of hydrogen-bond acceptors (Lipinski definition) is 4. The van der Waals surface area contributed by atoms with Crippen molar-refractivity contribution >= 4 is 5.69 Å². The topological polar surface area (TPSA) is 73.8 Å². The lowest BCUT2D eigenvalue weighted by atomic mass is 10.2. The number of non-ortho nitro benzene ring substituents is 1. The second-order valence-corrected chi connectivity index (χ2v) is 4.10. The van der Waals surface area contributed by atoms with Gasteiger partial charge in [0.05, 0.1) is 4.92 Å². The summed E-state index contributed by atoms with van der Waals surface area (Å²) < 4.78 is 2.03. The molecule has 86 valence electrons. The summed E-state index contributed by atoms with van der Waals surface area (Å²) in [5, 5.41) is 18.5. The van der Waals surface area contributed by atoms with Crippen LogP contribution in [0.5, 0.6) is 0 Å². The van der Waals surface area contributed by atoms with Crippen molar-refractivity contribution in [2.75, 3.05) is 0 Å². The van der Waals surface area contributed by atoms with Crippen molar-refractivity contribution in [2.45, 2.75) is 18.9 Å². The number of hydrogen-bond donors (Lipinski definition) is 0. The van der Waals surface area contributed by atoms with Gasteiger partial charge in [-0.15, -0.1) is 10.2 Å². The SMILES string of the molecule is O=[N+]([O-])c1ccc(-c2nncn2C2CC2)cc1. The van der Waals surface area contributed by atoms with Crippen LogP contribution in [0, 0.1) is 10.1 Å². The molecular formula is C11H10N4O2. The number of benzene rings is 1. The fourth-order valence-corrected chi connectivity index (χ4v) is 1.80. The van der Waals surface area contributed by atoms with Gasteiger partial charge in [-0.2, -0.15) is 0 Å². The first-order valence-electron chi connectivity index (χ1n) is 5.40. The molecule has 0 unspecified atom stereocenters. The van der Waals surface area contributed by atoms with E-state index in [-0.39, 0.29) is 5.69 Å². The minimum Gasteiger partial charge on any atom is -0.310 e. The van der Waals surface area contributed by atoms with Crippen LogP contribution >= 0.6 is 0 Å². The summed E-state index contributed by atoms with van der Waals surface area (Å²) in [6.07, 6.45) is 4.02. The summed E-state index contributed by atoms with van der Waals surface area (Å²) in [7, 11) is 0. The first-order valence-corrected chi connectivity index (χ1v) is 5.40. The third kappa shape index (κ3) is 1.77. The lowest BCUT2D eigenvalue weighted by Crippen LogP contribution is -1.96. The molecule has 0 spiro atoms. The Labute approximate surface area is 97.1 Å². The van der Waals surface area contributed by atoms with Crippen molar-refractivity contribution in [3.8, 4) is 11.4 Å². The monoisotopic (exact) mass is 230 g/mol. The standard InChI is InChI=1S/C11H10N4O2/c16-15(17)10-3-1-8(2-4-10)11-13-12-7-14(11)9-5-6-9/h1-4,7,9H,5-6H2. The van der Waals surface area contributed by atoms with Crippen molar-refractivity contribution in [1.29, 1.82) is 0 Å². The van der Waals surface area contributed by atoms with E-state index in [4.69, 9.17) is 0 Å². The van der Waals surface area contributed by atoms with Crippen LogP contribution in [0.2, 0.25) is 0 Å². The Balaban J connectivity index is 1.97. The van der Waals surface area contributed by atoms with Gasteiger partial charge in [-0.25, -0.2) is 0 Å². The number of nitro benzene ring substituents is 1. The summed E-state index contributed by atoms with van der Waals surface area (Å²) in [4.78, 5) is 10.1. The second-order valence-electron chi connectivity index (χ2n) is 4.10. The van der Waals surface area contributed by atoms with Crippen molar-refractivity contribution < 1.29 is 4.92 Å². The molecule has 1 fully saturated rings. The van der Waals surface area contributed by atoms with Gasteiger partial charge in [-0.1, -0.05) is 0 Å². The van der Waals surface area contributed by atoms with Gasteiger partial charge in [0.1, 0.15) is 6.33 Å². The van der Waals surface area contributed by atoms with Crippen LogP contribution in [0.25, 0.3) is 11.4 Å². The van der Waals surface area contributed by atoms with Gasteiger partial charge in [0.2, 0.25) is 0 Å². The molecule has 6 heteroatoms. The molecule has 6 nitrogen and oxygen atoms in total. The Kier molecular flexibility index (Phi) is 2.14. The number of rotatable bonds is 3. The minimum atomic E-state index is -0.407. The molecule has 0 N–H and O–H groups in total. The molecular weight excluding hydrogens is 220 g/mol. The van der Waals surface area contributed by atoms with Crippen molar-refractivity contribution in [3.05, 3.63) is 40.7 Å². The largest absolute Gasteiger partial charge is 0.310 e. The molecule has 2 aromatic rings. The number of nitro groups is 1. The van der Waals surface area contributed by atoms with Gasteiger partial charge in [0.25, 0.3) is 5.69 Å². The van der Waals surface area contributed by atoms with Crippen LogP contribution in [-0.4, -0.2) is 19.7 Å². The smallest absolute Gasteiger partial charge is 0.269 e. The number of nitrogens with zero attached hydrogens (tertiary/aromatic N) is 4. The van der Waals surface area contributed by atoms with E-state index in [1.807, 2.05) is 4.57 Å². The van der Waals surface area contributed by atoms with E-state index in [1.165, 1.54) is 12.1 Å². The Morgan fingerprint density at radius 1 is 1.29 bits per heavy atom. The third-order valence-electron chi connectivity index (χ3n) is 2.85. The van der Waals surface area contributed by atoms with E-state index in [9.17, 15) is 10.1 Å². The molecule has 0 saturated heterocycles. The Morgan fingerprint density at radius 3 is 2.59 bits per heavy atom. The predicted octanol–water partition coefficient (Wildman–Crippen LogP) is 2.19. The molecule has 0 atom stereocenters. The molecule has 0 bridgehead atoms. The van der Waals surface area contributed by atoms with Crippen molar-refractivity contribution in [3.63, 3.8) is 0 Å². The molecule has 1 saturated carbocycles. The zero-order valence-corrected chi connectivity index (χ0v) is 8.98. The Hall–Kier alpha value is -2.24. The fourth-order valence-electron chi connectivity index (χ4n) is 1.80. The van der Waals surface area contributed by atoms with E-state index < -0.39 is 4.92 Å². The quantitative estimate of drug-likeness (QED) is 0.598. The van der Waals surface area contributed by atoms with Gasteiger partial charge >= 0.3 is 0 Å². The average molecular weight is 230 g/mol. The van der Waals surface area contributed by atoms with E-state index in [0.29, 0.717) is 6.04 Å². The molecule has 0 amide bonds. The summed E-state index contributed by atoms with van der Waals surface area (Å²) in [6.45, 7) is 0. The van der Waals surface area contributed by atoms with Crippen LogP contribution in [0.15, 0.2) is 30.6 Å². The zero-order chi connectivity index (χ0) is 11.8. The van der Waals surface area contributed by atoms with Crippen molar-refractivity contribution in [1.82, 2.24) is 14.8 Å². The maximum absolute atomic E-state index is 10.6. The van der Waals surface area contributed by atoms with Gasteiger partial charge in [0, 0.05) is 23.7 Å². The third-order valence-corrected chi connectivity index (χ3v) is 2.85. The van der Waals surface area contributed by atoms with Crippen molar-refractivity contribution in [2.24, 2.45) is 0 Å². The fraction of sp³-hybridized carbons (Fsp3) is 0.273. The molecule has 17 heavy (non-hydrogen) atoms. The first-order chi connectivity index (χ1) is 8.25. The van der Waals surface area contributed by atoms with E-state index in [0.717, 1.165) is 24.2 Å². The molecule has 1 aliphatic carbocycles. The highest BCUT2D eigenvalue weighted by atomic mass is 16.6. The Bertz CT molecular complexity index is 557. The highest BCUT2D eigenvalue weighted by Crippen LogP contribution is 2.37. The molecule has 0 radical (unpaired) electrons. The molecule has 3 rings (SSSR count). The van der Waals surface area contributed by atoms with Crippen LogP contribution in [-0.2, 0) is 0 Å². The van der Waals surface area contributed by atoms with Crippen LogP contribution in [0.3, 0.4) is 0 Å². The summed E-state index contributed by atoms with van der Waals surface area (Å²) in [5.74, 6) is 0.780. The average Bonchev–Trinajstić information content (AvgIpc) is 3.07. The van der Waals surface area contributed by atoms with Crippen LogP contribution in [0.4, 0.5) is 5.69 Å². The summed E-state index contributed by atoms with van der Waals surface area (Å²) in [6, 6.07) is 6.89. The molecule has 1 heterocycles. The minimum absolute atomic E-state index is 0.0891. The molecule has 0 aliphatic heterocycles. The molecule has 1 aromatic heterocycles. The lowest BCUT2D eigenvalue weighted by Gasteiger charge is -2.03. The van der Waals surface area contributed by atoms with Crippen LogP contribution < -0.4 is 0 Å². The maximum atomic E-state index is 10.6. The van der Waals surface area contributed by atoms with Gasteiger partial charge in [-0.3, -0.25) is 10.1 Å².